The van der Waals surface area contributed by atoms with E-state index in [9.17, 15) is 0 Å². The van der Waals surface area contributed by atoms with Gasteiger partial charge in [0.25, 0.3) is 0 Å². The molecule has 1 aliphatic carbocycles. The monoisotopic (exact) mass is 249 g/mol. The number of rotatable bonds is 5. The third kappa shape index (κ3) is 4.00. The Morgan fingerprint density at radius 3 is 2.83 bits per heavy atom. The first-order valence-electron chi connectivity index (χ1n) is 7.65. The molecule has 18 heavy (non-hydrogen) atoms. The average molecular weight is 249 g/mol. The van der Waals surface area contributed by atoms with Crippen LogP contribution in [0.1, 0.15) is 64.2 Å². The molecular weight excluding hydrogens is 222 g/mol. The van der Waals surface area contributed by atoms with Gasteiger partial charge in [0.15, 0.2) is 0 Å². The summed E-state index contributed by atoms with van der Waals surface area (Å²) in [5.74, 6) is 2.70. The molecule has 1 unspecified atom stereocenters. The summed E-state index contributed by atoms with van der Waals surface area (Å²) in [6.07, 6.45) is 17.6. The molecule has 0 aromatic rings. The molecule has 0 aromatic carbocycles. The maximum atomic E-state index is 6.11. The van der Waals surface area contributed by atoms with E-state index in [1.807, 2.05) is 0 Å². The normalized spacial score (nSPS) is 26.9. The minimum Gasteiger partial charge on any atom is -0.375 e. The molecular formula is C16H27NO. The molecule has 1 saturated heterocycles. The van der Waals surface area contributed by atoms with Crippen LogP contribution in [0.5, 0.6) is 0 Å². The first-order chi connectivity index (χ1) is 8.85. The maximum absolute atomic E-state index is 6.11. The number of nitrogens with one attached hydrogen (secondary N) is 1. The van der Waals surface area contributed by atoms with Gasteiger partial charge in [-0.05, 0) is 45.1 Å². The van der Waals surface area contributed by atoms with Gasteiger partial charge in [-0.25, -0.2) is 0 Å². The van der Waals surface area contributed by atoms with Gasteiger partial charge >= 0.3 is 0 Å². The van der Waals surface area contributed by atoms with Crippen LogP contribution in [-0.2, 0) is 4.74 Å². The van der Waals surface area contributed by atoms with Crippen LogP contribution < -0.4 is 5.32 Å². The van der Waals surface area contributed by atoms with E-state index in [4.69, 9.17) is 11.2 Å². The predicted molar refractivity (Wildman–Crippen MR) is 75.5 cm³/mol. The fraction of sp³-hybridized carbons (Fsp3) is 0.875. The van der Waals surface area contributed by atoms with E-state index in [0.29, 0.717) is 6.04 Å². The highest BCUT2D eigenvalue weighted by molar-refractivity contribution is 4.92. The third-order valence-electron chi connectivity index (χ3n) is 4.44. The highest BCUT2D eigenvalue weighted by Gasteiger charge is 2.38. The van der Waals surface area contributed by atoms with Gasteiger partial charge in [0.2, 0.25) is 0 Å². The Labute approximate surface area is 112 Å². The van der Waals surface area contributed by atoms with Gasteiger partial charge in [0, 0.05) is 19.1 Å². The first kappa shape index (κ1) is 13.9. The zero-order valence-corrected chi connectivity index (χ0v) is 11.5. The van der Waals surface area contributed by atoms with Crippen LogP contribution in [0.3, 0.4) is 0 Å². The molecule has 1 atom stereocenters. The molecule has 2 rings (SSSR count). The van der Waals surface area contributed by atoms with Crippen molar-refractivity contribution in [2.24, 2.45) is 0 Å². The average Bonchev–Trinajstić information content (AvgIpc) is 2.40. The van der Waals surface area contributed by atoms with E-state index in [0.717, 1.165) is 26.0 Å². The molecule has 1 N–H and O–H groups in total. The summed E-state index contributed by atoms with van der Waals surface area (Å²) >= 11 is 0. The van der Waals surface area contributed by atoms with E-state index in [2.05, 4.69) is 11.2 Å². The lowest BCUT2D eigenvalue weighted by molar-refractivity contribution is -0.109. The Bertz CT molecular complexity index is 270. The van der Waals surface area contributed by atoms with Crippen LogP contribution in [0, 0.1) is 12.3 Å². The number of hydrogen-bond donors (Lipinski definition) is 1. The van der Waals surface area contributed by atoms with Crippen molar-refractivity contribution in [1.82, 2.24) is 5.32 Å². The van der Waals surface area contributed by atoms with E-state index in [1.54, 1.807) is 0 Å². The van der Waals surface area contributed by atoms with Crippen LogP contribution in [0.2, 0.25) is 0 Å². The molecule has 0 bridgehead atoms. The van der Waals surface area contributed by atoms with Gasteiger partial charge in [-0.1, -0.05) is 19.3 Å². The summed E-state index contributed by atoms with van der Waals surface area (Å²) in [7, 11) is 0. The van der Waals surface area contributed by atoms with Crippen molar-refractivity contribution in [3.8, 4) is 12.3 Å². The molecule has 102 valence electrons. The molecule has 0 amide bonds. The smallest absolute Gasteiger partial charge is 0.0697 e. The third-order valence-corrected chi connectivity index (χ3v) is 4.44. The first-order valence-corrected chi connectivity index (χ1v) is 7.65. The number of hydrogen-bond acceptors (Lipinski definition) is 2. The van der Waals surface area contributed by atoms with Gasteiger partial charge in [-0.3, -0.25) is 0 Å². The van der Waals surface area contributed by atoms with Crippen LogP contribution >= 0.6 is 0 Å². The zero-order chi connectivity index (χ0) is 12.7. The Hall–Kier alpha value is -0.520. The van der Waals surface area contributed by atoms with Crippen LogP contribution in [0.25, 0.3) is 0 Å². The fourth-order valence-electron chi connectivity index (χ4n) is 3.40. The molecule has 2 heteroatoms. The summed E-state index contributed by atoms with van der Waals surface area (Å²) in [5.41, 5.74) is 0.229. The van der Waals surface area contributed by atoms with Crippen molar-refractivity contribution >= 4 is 0 Å². The second-order valence-electron chi connectivity index (χ2n) is 5.90. The predicted octanol–water partition coefficient (Wildman–Crippen LogP) is 3.26. The molecule has 2 fully saturated rings. The van der Waals surface area contributed by atoms with E-state index in [-0.39, 0.29) is 5.60 Å². The highest BCUT2D eigenvalue weighted by Crippen LogP contribution is 2.38. The maximum Gasteiger partial charge on any atom is 0.0697 e. The second-order valence-corrected chi connectivity index (χ2v) is 5.90. The number of ether oxygens (including phenoxy) is 1. The quantitative estimate of drug-likeness (QED) is 0.596. The van der Waals surface area contributed by atoms with Crippen molar-refractivity contribution in [2.75, 3.05) is 13.2 Å². The summed E-state index contributed by atoms with van der Waals surface area (Å²) in [6.45, 7) is 2.06. The molecule has 2 nitrogen and oxygen atoms in total. The van der Waals surface area contributed by atoms with Crippen LogP contribution in [0.15, 0.2) is 0 Å². The summed E-state index contributed by atoms with van der Waals surface area (Å²) in [4.78, 5) is 0. The largest absolute Gasteiger partial charge is 0.375 e. The lowest BCUT2D eigenvalue weighted by atomic mass is 9.78. The topological polar surface area (TPSA) is 21.3 Å². The summed E-state index contributed by atoms with van der Waals surface area (Å²) in [5, 5.41) is 3.70. The van der Waals surface area contributed by atoms with E-state index in [1.165, 1.54) is 51.4 Å². The van der Waals surface area contributed by atoms with Gasteiger partial charge in [-0.15, -0.1) is 12.3 Å². The Balaban J connectivity index is 1.68. The van der Waals surface area contributed by atoms with Crippen molar-refractivity contribution in [1.29, 1.82) is 0 Å². The summed E-state index contributed by atoms with van der Waals surface area (Å²) in [6, 6.07) is 0.669. The second kappa shape index (κ2) is 7.16. The van der Waals surface area contributed by atoms with Crippen molar-refractivity contribution in [3.05, 3.63) is 0 Å². The Morgan fingerprint density at radius 1 is 1.22 bits per heavy atom. The summed E-state index contributed by atoms with van der Waals surface area (Å²) < 4.78 is 6.11. The van der Waals surface area contributed by atoms with Crippen molar-refractivity contribution in [2.45, 2.75) is 75.9 Å². The lowest BCUT2D eigenvalue weighted by Crippen LogP contribution is -2.48. The fourth-order valence-corrected chi connectivity index (χ4v) is 3.40. The minimum atomic E-state index is 0.229. The Morgan fingerprint density at radius 2 is 2.06 bits per heavy atom. The molecule has 0 radical (unpaired) electrons. The molecule has 1 aliphatic heterocycles. The van der Waals surface area contributed by atoms with Gasteiger partial charge < -0.3 is 10.1 Å². The van der Waals surface area contributed by atoms with Gasteiger partial charge in [0.1, 0.15) is 0 Å². The standard InChI is InChI=1S/C16H27NO/c1-2-3-4-8-12-17-15-9-13-18-16(14-15)10-6-5-7-11-16/h1,15,17H,3-14H2. The van der Waals surface area contributed by atoms with Gasteiger partial charge in [0.05, 0.1) is 5.60 Å². The number of unbranched alkanes of at least 4 members (excludes halogenated alkanes) is 2. The van der Waals surface area contributed by atoms with Gasteiger partial charge in [-0.2, -0.15) is 0 Å². The SMILES string of the molecule is C#CCCCCNC1CCOC2(CCCCC2)C1. The minimum absolute atomic E-state index is 0.229. The zero-order valence-electron chi connectivity index (χ0n) is 11.5. The van der Waals surface area contributed by atoms with E-state index >= 15 is 0 Å². The Kier molecular flexibility index (Phi) is 5.53. The lowest BCUT2D eigenvalue weighted by Gasteiger charge is -2.43. The van der Waals surface area contributed by atoms with Crippen molar-refractivity contribution in [3.63, 3.8) is 0 Å². The van der Waals surface area contributed by atoms with E-state index < -0.39 is 0 Å². The highest BCUT2D eigenvalue weighted by atomic mass is 16.5. The molecule has 2 aliphatic rings. The molecule has 1 heterocycles. The van der Waals surface area contributed by atoms with Crippen LogP contribution in [-0.4, -0.2) is 24.8 Å². The van der Waals surface area contributed by atoms with Crippen LogP contribution in [0.4, 0.5) is 0 Å². The molecule has 1 saturated carbocycles. The number of terminal acetylenes is 1. The molecule has 0 aromatic heterocycles. The molecule has 1 spiro atoms. The van der Waals surface area contributed by atoms with Crippen molar-refractivity contribution < 1.29 is 4.74 Å².